The Morgan fingerprint density at radius 3 is 2.41 bits per heavy atom. The molecule has 0 radical (unpaired) electrons. The molecule has 0 unspecified atom stereocenters. The van der Waals surface area contributed by atoms with Gasteiger partial charge in [-0.05, 0) is 41.3 Å². The van der Waals surface area contributed by atoms with E-state index in [1.807, 2.05) is 7.05 Å². The van der Waals surface area contributed by atoms with Crippen molar-refractivity contribution in [3.8, 4) is 5.75 Å². The molecule has 0 saturated carbocycles. The van der Waals surface area contributed by atoms with E-state index in [0.717, 1.165) is 57.3 Å². The van der Waals surface area contributed by atoms with E-state index in [1.165, 1.54) is 48.4 Å². The van der Waals surface area contributed by atoms with E-state index < -0.39 is 0 Å². The molecule has 2 aliphatic rings. The van der Waals surface area contributed by atoms with Crippen molar-refractivity contribution < 1.29 is 4.74 Å². The fourth-order valence-corrected chi connectivity index (χ4v) is 4.41. The second kappa shape index (κ2) is 11.3. The molecule has 0 spiro atoms. The molecule has 0 atom stereocenters. The van der Waals surface area contributed by atoms with Crippen LogP contribution in [0, 0.1) is 0 Å². The van der Waals surface area contributed by atoms with Crippen molar-refractivity contribution in [2.45, 2.75) is 32.9 Å². The number of guanidine groups is 1. The highest BCUT2D eigenvalue weighted by molar-refractivity contribution is 5.79. The fourth-order valence-electron chi connectivity index (χ4n) is 4.41. The lowest BCUT2D eigenvalue weighted by atomic mass is 10.1. The number of nitrogens with one attached hydrogen (secondary N) is 2. The third kappa shape index (κ3) is 6.24. The van der Waals surface area contributed by atoms with E-state index in [1.54, 1.807) is 0 Å². The highest BCUT2D eigenvalue weighted by Crippen LogP contribution is 2.25. The van der Waals surface area contributed by atoms with Gasteiger partial charge in [0.2, 0.25) is 0 Å². The van der Waals surface area contributed by atoms with Crippen molar-refractivity contribution in [2.75, 3.05) is 52.9 Å². The number of nitrogens with zero attached hydrogens (tertiary/aromatic N) is 3. The van der Waals surface area contributed by atoms with Crippen LogP contribution in [0.3, 0.4) is 0 Å². The number of hydrogen-bond donors (Lipinski definition) is 2. The molecule has 2 aromatic rings. The minimum absolute atomic E-state index is 0.769. The Labute approximate surface area is 192 Å². The van der Waals surface area contributed by atoms with Crippen molar-refractivity contribution >= 4 is 5.96 Å². The van der Waals surface area contributed by atoms with Crippen LogP contribution >= 0.6 is 0 Å². The molecule has 4 rings (SSSR count). The highest BCUT2D eigenvalue weighted by Gasteiger charge is 2.15. The number of rotatable bonds is 8. The lowest BCUT2D eigenvalue weighted by Gasteiger charge is -2.34. The summed E-state index contributed by atoms with van der Waals surface area (Å²) in [5, 5.41) is 6.86. The number of ether oxygens (including phenoxy) is 1. The molecular formula is C26H37N5O. The van der Waals surface area contributed by atoms with Gasteiger partial charge in [0.15, 0.2) is 5.96 Å². The van der Waals surface area contributed by atoms with E-state index >= 15 is 0 Å². The van der Waals surface area contributed by atoms with Crippen LogP contribution in [0.15, 0.2) is 47.5 Å². The van der Waals surface area contributed by atoms with Gasteiger partial charge in [-0.3, -0.25) is 9.89 Å². The molecule has 0 aliphatic carbocycles. The minimum Gasteiger partial charge on any atom is -0.493 e. The Hall–Kier alpha value is -2.57. The lowest BCUT2D eigenvalue weighted by molar-refractivity contribution is 0.132. The van der Waals surface area contributed by atoms with Crippen molar-refractivity contribution in [1.82, 2.24) is 20.4 Å². The van der Waals surface area contributed by atoms with Crippen molar-refractivity contribution in [3.05, 3.63) is 64.7 Å². The first kappa shape index (κ1) is 22.6. The molecule has 0 bridgehead atoms. The number of aliphatic imine (C=N–C) groups is 1. The normalized spacial score (nSPS) is 17.1. The summed E-state index contributed by atoms with van der Waals surface area (Å²) in [6.45, 7) is 11.6. The van der Waals surface area contributed by atoms with Gasteiger partial charge in [0.05, 0.1) is 6.61 Å². The van der Waals surface area contributed by atoms with Gasteiger partial charge in [0.1, 0.15) is 5.75 Å². The maximum Gasteiger partial charge on any atom is 0.191 e. The van der Waals surface area contributed by atoms with Gasteiger partial charge in [-0.15, -0.1) is 0 Å². The van der Waals surface area contributed by atoms with Gasteiger partial charge in [0, 0.05) is 59.3 Å². The summed E-state index contributed by atoms with van der Waals surface area (Å²) in [4.78, 5) is 9.44. The summed E-state index contributed by atoms with van der Waals surface area (Å²) in [6.07, 6.45) is 1.99. The largest absolute Gasteiger partial charge is 0.493 e. The van der Waals surface area contributed by atoms with E-state index in [-0.39, 0.29) is 0 Å². The van der Waals surface area contributed by atoms with Crippen molar-refractivity contribution in [2.24, 2.45) is 4.99 Å². The number of hydrogen-bond acceptors (Lipinski definition) is 4. The number of fused-ring (bicyclic) bond motifs is 1. The zero-order valence-corrected chi connectivity index (χ0v) is 19.6. The molecule has 6 nitrogen and oxygen atoms in total. The van der Waals surface area contributed by atoms with Crippen molar-refractivity contribution in [3.63, 3.8) is 0 Å². The Balaban J connectivity index is 1.18. The monoisotopic (exact) mass is 435 g/mol. The molecule has 2 aliphatic heterocycles. The Kier molecular flexibility index (Phi) is 8.02. The molecule has 1 fully saturated rings. The molecular weight excluding hydrogens is 398 g/mol. The zero-order valence-electron chi connectivity index (χ0n) is 19.6. The first-order valence-corrected chi connectivity index (χ1v) is 11.9. The molecule has 2 heterocycles. The van der Waals surface area contributed by atoms with Crippen LogP contribution in [0.4, 0.5) is 0 Å². The van der Waals surface area contributed by atoms with Crippen LogP contribution in [-0.2, 0) is 25.9 Å². The molecule has 6 heteroatoms. The average molecular weight is 436 g/mol. The number of benzene rings is 2. The van der Waals surface area contributed by atoms with E-state index in [2.05, 4.69) is 74.8 Å². The van der Waals surface area contributed by atoms with E-state index in [9.17, 15) is 0 Å². The Morgan fingerprint density at radius 1 is 0.938 bits per heavy atom. The topological polar surface area (TPSA) is 52.1 Å². The van der Waals surface area contributed by atoms with Gasteiger partial charge in [0.25, 0.3) is 0 Å². The van der Waals surface area contributed by atoms with Gasteiger partial charge in [-0.25, -0.2) is 0 Å². The smallest absolute Gasteiger partial charge is 0.191 e. The summed E-state index contributed by atoms with van der Waals surface area (Å²) in [6, 6.07) is 15.5. The SMILES string of the molecule is CCN1CCN(Cc2ccc(CNC(=NC)NCCc3ccc4c(c3)CCO4)cc2)CC1. The molecule has 2 aromatic carbocycles. The maximum atomic E-state index is 5.59. The molecule has 0 amide bonds. The standard InChI is InChI=1S/C26H37N5O/c1-3-30-13-15-31(16-14-30)20-23-6-4-22(5-7-23)19-29-26(27-2)28-12-10-21-8-9-25-24(18-21)11-17-32-25/h4-9,18H,3,10-17,19-20H2,1-2H3,(H2,27,28,29). The van der Waals surface area contributed by atoms with Crippen LogP contribution in [-0.4, -0.2) is 68.7 Å². The predicted molar refractivity (Wildman–Crippen MR) is 131 cm³/mol. The second-order valence-electron chi connectivity index (χ2n) is 8.67. The summed E-state index contributed by atoms with van der Waals surface area (Å²) in [7, 11) is 1.82. The summed E-state index contributed by atoms with van der Waals surface area (Å²) in [5.74, 6) is 1.89. The molecule has 32 heavy (non-hydrogen) atoms. The van der Waals surface area contributed by atoms with Gasteiger partial charge >= 0.3 is 0 Å². The van der Waals surface area contributed by atoms with Gasteiger partial charge in [-0.2, -0.15) is 0 Å². The molecule has 0 aromatic heterocycles. The Bertz CT molecular complexity index is 888. The highest BCUT2D eigenvalue weighted by atomic mass is 16.5. The maximum absolute atomic E-state index is 5.59. The van der Waals surface area contributed by atoms with Crippen LogP contribution in [0.2, 0.25) is 0 Å². The minimum atomic E-state index is 0.769. The van der Waals surface area contributed by atoms with Crippen LogP contribution in [0.5, 0.6) is 5.75 Å². The molecule has 172 valence electrons. The number of piperazine rings is 1. The first-order chi connectivity index (χ1) is 15.7. The van der Waals surface area contributed by atoms with Crippen molar-refractivity contribution in [1.29, 1.82) is 0 Å². The molecule has 2 N–H and O–H groups in total. The summed E-state index contributed by atoms with van der Waals surface area (Å²) < 4.78 is 5.59. The summed E-state index contributed by atoms with van der Waals surface area (Å²) >= 11 is 0. The zero-order chi connectivity index (χ0) is 22.2. The van der Waals surface area contributed by atoms with Gasteiger partial charge in [-0.1, -0.05) is 43.3 Å². The van der Waals surface area contributed by atoms with E-state index in [0.29, 0.717) is 0 Å². The van der Waals surface area contributed by atoms with E-state index in [4.69, 9.17) is 4.74 Å². The summed E-state index contributed by atoms with van der Waals surface area (Å²) in [5.41, 5.74) is 5.33. The lowest BCUT2D eigenvalue weighted by Crippen LogP contribution is -2.45. The average Bonchev–Trinajstić information content (AvgIpc) is 3.31. The third-order valence-electron chi connectivity index (χ3n) is 6.48. The third-order valence-corrected chi connectivity index (χ3v) is 6.48. The predicted octanol–water partition coefficient (Wildman–Crippen LogP) is 2.67. The number of likely N-dealkylation sites (N-methyl/N-ethyl adjacent to an activating group) is 1. The Morgan fingerprint density at radius 2 is 1.66 bits per heavy atom. The van der Waals surface area contributed by atoms with Crippen LogP contribution in [0.25, 0.3) is 0 Å². The second-order valence-corrected chi connectivity index (χ2v) is 8.67. The van der Waals surface area contributed by atoms with Crippen LogP contribution in [0.1, 0.15) is 29.2 Å². The van der Waals surface area contributed by atoms with Gasteiger partial charge < -0.3 is 20.3 Å². The van der Waals surface area contributed by atoms with Crippen LogP contribution < -0.4 is 15.4 Å². The quantitative estimate of drug-likeness (QED) is 0.493. The first-order valence-electron chi connectivity index (χ1n) is 11.9. The molecule has 1 saturated heterocycles. The fraction of sp³-hybridized carbons (Fsp3) is 0.500.